The first kappa shape index (κ1) is 18.4. The van der Waals surface area contributed by atoms with Crippen molar-refractivity contribution in [3.8, 4) is 0 Å². The molecule has 2 heterocycles. The number of ether oxygens (including phenoxy) is 1. The molecule has 1 amide bonds. The number of aromatic amines is 1. The Bertz CT molecular complexity index is 819. The number of pyridine rings is 1. The SMILES string of the molecule is Cc1ccc(NC(=O)c2ccc(CN3CC(C)OC(C)C3)cc2)c(=O)[nH]1. The van der Waals surface area contributed by atoms with Crippen molar-refractivity contribution in [3.05, 3.63) is 63.6 Å². The maximum absolute atomic E-state index is 12.3. The number of H-pyrrole nitrogens is 1. The lowest BCUT2D eigenvalue weighted by Crippen LogP contribution is -2.44. The van der Waals surface area contributed by atoms with E-state index < -0.39 is 0 Å². The molecule has 0 bridgehead atoms. The molecular formula is C20H25N3O3. The smallest absolute Gasteiger partial charge is 0.271 e. The first-order valence-electron chi connectivity index (χ1n) is 8.89. The second-order valence-electron chi connectivity index (χ2n) is 6.99. The first-order valence-corrected chi connectivity index (χ1v) is 8.89. The number of carbonyl (C=O) groups excluding carboxylic acids is 1. The Balaban J connectivity index is 1.63. The summed E-state index contributed by atoms with van der Waals surface area (Å²) in [5, 5.41) is 2.66. The Morgan fingerprint density at radius 3 is 2.42 bits per heavy atom. The number of aromatic nitrogens is 1. The average Bonchev–Trinajstić information content (AvgIpc) is 2.57. The van der Waals surface area contributed by atoms with Crippen LogP contribution in [-0.4, -0.2) is 41.1 Å². The Kier molecular flexibility index (Phi) is 5.54. The molecule has 2 atom stereocenters. The van der Waals surface area contributed by atoms with Gasteiger partial charge in [-0.25, -0.2) is 0 Å². The van der Waals surface area contributed by atoms with Crippen LogP contribution < -0.4 is 10.9 Å². The van der Waals surface area contributed by atoms with E-state index >= 15 is 0 Å². The molecule has 138 valence electrons. The Labute approximate surface area is 153 Å². The summed E-state index contributed by atoms with van der Waals surface area (Å²) in [4.78, 5) is 29.2. The van der Waals surface area contributed by atoms with Gasteiger partial charge in [-0.1, -0.05) is 12.1 Å². The van der Waals surface area contributed by atoms with Crippen LogP contribution in [0.2, 0.25) is 0 Å². The van der Waals surface area contributed by atoms with Crippen LogP contribution in [0, 0.1) is 6.92 Å². The van der Waals surface area contributed by atoms with Crippen LogP contribution >= 0.6 is 0 Å². The Hall–Kier alpha value is -2.44. The molecule has 6 heteroatoms. The van der Waals surface area contributed by atoms with E-state index in [1.165, 1.54) is 0 Å². The maximum Gasteiger partial charge on any atom is 0.271 e. The average molecular weight is 355 g/mol. The summed E-state index contributed by atoms with van der Waals surface area (Å²) < 4.78 is 5.76. The van der Waals surface area contributed by atoms with Crippen molar-refractivity contribution in [1.82, 2.24) is 9.88 Å². The zero-order valence-electron chi connectivity index (χ0n) is 15.4. The van der Waals surface area contributed by atoms with Gasteiger partial charge in [0, 0.05) is 30.9 Å². The number of nitrogens with one attached hydrogen (secondary N) is 2. The minimum Gasteiger partial charge on any atom is -0.373 e. The van der Waals surface area contributed by atoms with Gasteiger partial charge in [-0.3, -0.25) is 14.5 Å². The van der Waals surface area contributed by atoms with Gasteiger partial charge in [-0.15, -0.1) is 0 Å². The lowest BCUT2D eigenvalue weighted by molar-refractivity contribution is -0.0704. The summed E-state index contributed by atoms with van der Waals surface area (Å²) in [6.07, 6.45) is 0.466. The van der Waals surface area contributed by atoms with E-state index in [0.717, 1.165) is 30.9 Å². The summed E-state index contributed by atoms with van der Waals surface area (Å²) in [5.74, 6) is -0.292. The molecule has 26 heavy (non-hydrogen) atoms. The monoisotopic (exact) mass is 355 g/mol. The molecule has 0 aliphatic carbocycles. The number of morpholine rings is 1. The second kappa shape index (κ2) is 7.85. The Morgan fingerprint density at radius 1 is 1.15 bits per heavy atom. The number of hydrogen-bond acceptors (Lipinski definition) is 4. The molecule has 2 aromatic rings. The van der Waals surface area contributed by atoms with Crippen LogP contribution in [0.15, 0.2) is 41.2 Å². The van der Waals surface area contributed by atoms with Crippen molar-refractivity contribution in [2.24, 2.45) is 0 Å². The fourth-order valence-corrected chi connectivity index (χ4v) is 3.30. The molecule has 2 unspecified atom stereocenters. The predicted molar refractivity (Wildman–Crippen MR) is 101 cm³/mol. The van der Waals surface area contributed by atoms with Gasteiger partial charge in [0.1, 0.15) is 5.69 Å². The van der Waals surface area contributed by atoms with Crippen LogP contribution in [-0.2, 0) is 11.3 Å². The minimum absolute atomic E-state index is 0.233. The summed E-state index contributed by atoms with van der Waals surface area (Å²) in [7, 11) is 0. The van der Waals surface area contributed by atoms with E-state index in [0.29, 0.717) is 5.56 Å². The number of amides is 1. The van der Waals surface area contributed by atoms with Gasteiger partial charge in [0.2, 0.25) is 0 Å². The quantitative estimate of drug-likeness (QED) is 0.884. The largest absolute Gasteiger partial charge is 0.373 e. The highest BCUT2D eigenvalue weighted by Gasteiger charge is 2.22. The zero-order valence-corrected chi connectivity index (χ0v) is 15.4. The van der Waals surface area contributed by atoms with Gasteiger partial charge < -0.3 is 15.0 Å². The van der Waals surface area contributed by atoms with Crippen LogP contribution in [0.5, 0.6) is 0 Å². The van der Waals surface area contributed by atoms with Gasteiger partial charge >= 0.3 is 0 Å². The highest BCUT2D eigenvalue weighted by molar-refractivity contribution is 6.04. The van der Waals surface area contributed by atoms with Gasteiger partial charge in [0.15, 0.2) is 0 Å². The summed E-state index contributed by atoms with van der Waals surface area (Å²) in [6, 6.07) is 10.9. The van der Waals surface area contributed by atoms with Gasteiger partial charge in [-0.05, 0) is 50.6 Å². The summed E-state index contributed by atoms with van der Waals surface area (Å²) >= 11 is 0. The lowest BCUT2D eigenvalue weighted by Gasteiger charge is -2.35. The van der Waals surface area contributed by atoms with E-state index in [1.807, 2.05) is 12.1 Å². The lowest BCUT2D eigenvalue weighted by atomic mass is 10.1. The van der Waals surface area contributed by atoms with Crippen molar-refractivity contribution in [3.63, 3.8) is 0 Å². The topological polar surface area (TPSA) is 74.4 Å². The molecule has 1 fully saturated rings. The number of anilines is 1. The van der Waals surface area contributed by atoms with E-state index in [2.05, 4.69) is 29.0 Å². The predicted octanol–water partition coefficient (Wildman–Crippen LogP) is 2.54. The van der Waals surface area contributed by atoms with E-state index in [9.17, 15) is 9.59 Å². The molecule has 6 nitrogen and oxygen atoms in total. The molecule has 3 rings (SSSR count). The number of nitrogens with zero attached hydrogens (tertiary/aromatic N) is 1. The van der Waals surface area contributed by atoms with Crippen LogP contribution in [0.4, 0.5) is 5.69 Å². The van der Waals surface area contributed by atoms with Crippen molar-refractivity contribution in [2.75, 3.05) is 18.4 Å². The third kappa shape index (κ3) is 4.59. The number of benzene rings is 1. The highest BCUT2D eigenvalue weighted by atomic mass is 16.5. The molecule has 1 aromatic heterocycles. The summed E-state index contributed by atoms with van der Waals surface area (Å²) in [6.45, 7) is 8.61. The van der Waals surface area contributed by atoms with Crippen molar-refractivity contribution < 1.29 is 9.53 Å². The molecule has 0 saturated carbocycles. The number of aryl methyl sites for hydroxylation is 1. The van der Waals surface area contributed by atoms with Gasteiger partial charge in [0.25, 0.3) is 11.5 Å². The molecule has 0 spiro atoms. The van der Waals surface area contributed by atoms with Crippen molar-refractivity contribution >= 4 is 11.6 Å². The number of carbonyl (C=O) groups is 1. The first-order chi connectivity index (χ1) is 12.4. The second-order valence-corrected chi connectivity index (χ2v) is 6.99. The van der Waals surface area contributed by atoms with Gasteiger partial charge in [0.05, 0.1) is 12.2 Å². The molecule has 2 N–H and O–H groups in total. The molecular weight excluding hydrogens is 330 g/mol. The molecule has 1 aliphatic heterocycles. The van der Waals surface area contributed by atoms with Crippen molar-refractivity contribution in [2.45, 2.75) is 39.5 Å². The van der Waals surface area contributed by atoms with Crippen LogP contribution in [0.1, 0.15) is 35.5 Å². The normalized spacial score (nSPS) is 20.7. The fraction of sp³-hybridized carbons (Fsp3) is 0.400. The Morgan fingerprint density at radius 2 is 1.81 bits per heavy atom. The molecule has 0 radical (unpaired) electrons. The number of hydrogen-bond donors (Lipinski definition) is 2. The van der Waals surface area contributed by atoms with E-state index in [1.54, 1.807) is 31.2 Å². The molecule has 1 saturated heterocycles. The molecule has 1 aromatic carbocycles. The maximum atomic E-state index is 12.3. The summed E-state index contributed by atoms with van der Waals surface area (Å²) in [5.41, 5.74) is 2.38. The van der Waals surface area contributed by atoms with Crippen molar-refractivity contribution in [1.29, 1.82) is 0 Å². The van der Waals surface area contributed by atoms with Crippen LogP contribution in [0.3, 0.4) is 0 Å². The van der Waals surface area contributed by atoms with Crippen LogP contribution in [0.25, 0.3) is 0 Å². The van der Waals surface area contributed by atoms with E-state index in [-0.39, 0.29) is 29.4 Å². The zero-order chi connectivity index (χ0) is 18.7. The minimum atomic E-state index is -0.300. The standard InChI is InChI=1S/C20H25N3O3/c1-13-4-9-18(20(25)21-13)22-19(24)17-7-5-16(6-8-17)12-23-10-14(2)26-15(3)11-23/h4-9,14-15H,10-12H2,1-3H3,(H,21,25)(H,22,24). The number of rotatable bonds is 4. The van der Waals surface area contributed by atoms with Gasteiger partial charge in [-0.2, -0.15) is 0 Å². The highest BCUT2D eigenvalue weighted by Crippen LogP contribution is 2.15. The third-order valence-electron chi connectivity index (χ3n) is 4.42. The fourth-order valence-electron chi connectivity index (χ4n) is 3.30. The third-order valence-corrected chi connectivity index (χ3v) is 4.42. The molecule has 1 aliphatic rings. The van der Waals surface area contributed by atoms with E-state index in [4.69, 9.17) is 4.74 Å².